The smallest absolute Gasteiger partial charge is 0.118 e. The number of hydrogen-bond donors (Lipinski definition) is 0. The van der Waals surface area contributed by atoms with Crippen molar-refractivity contribution in [2.45, 2.75) is 41.4 Å². The summed E-state index contributed by atoms with van der Waals surface area (Å²) in [5.74, 6) is 1.80. The molecule has 1 aliphatic rings. The minimum Gasteiger partial charge on any atom is -0.497 e. The molecule has 1 heterocycles. The number of ether oxygens (including phenoxy) is 1. The Hall–Kier alpha value is -0.280. The third-order valence-electron chi connectivity index (χ3n) is 3.25. The second-order valence-corrected chi connectivity index (χ2v) is 7.54. The Balaban J connectivity index is 1.93. The second kappa shape index (κ2) is 6.05. The molecule has 2 rings (SSSR count). The Morgan fingerprint density at radius 2 is 2.06 bits per heavy atom. The van der Waals surface area contributed by atoms with E-state index in [0.717, 1.165) is 21.5 Å². The summed E-state index contributed by atoms with van der Waals surface area (Å²) in [5.41, 5.74) is 0. The van der Waals surface area contributed by atoms with Crippen molar-refractivity contribution in [3.8, 4) is 5.75 Å². The summed E-state index contributed by atoms with van der Waals surface area (Å²) in [6.45, 7) is 4.68. The van der Waals surface area contributed by atoms with Crippen LogP contribution in [-0.2, 0) is 0 Å². The minimum atomic E-state index is 0.725. The Morgan fingerprint density at radius 3 is 2.59 bits per heavy atom. The summed E-state index contributed by atoms with van der Waals surface area (Å²) in [5, 5.41) is 0.853. The van der Waals surface area contributed by atoms with Gasteiger partial charge in [0.15, 0.2) is 0 Å². The number of methoxy groups -OCH3 is 1. The molecule has 1 unspecified atom stereocenters. The minimum absolute atomic E-state index is 0.725. The van der Waals surface area contributed by atoms with Crippen molar-refractivity contribution in [3.63, 3.8) is 0 Å². The Bertz CT molecular complexity index is 350. The first-order chi connectivity index (χ1) is 8.22. The van der Waals surface area contributed by atoms with E-state index in [9.17, 15) is 0 Å². The molecular formula is C14H20OS2. The van der Waals surface area contributed by atoms with Gasteiger partial charge in [0.1, 0.15) is 5.75 Å². The predicted octanol–water partition coefficient (Wildman–Crippen LogP) is 4.67. The zero-order chi connectivity index (χ0) is 12.3. The van der Waals surface area contributed by atoms with Crippen LogP contribution in [-0.4, -0.2) is 16.9 Å². The molecule has 1 nitrogen and oxygen atoms in total. The fourth-order valence-corrected chi connectivity index (χ4v) is 5.58. The molecule has 17 heavy (non-hydrogen) atoms. The summed E-state index contributed by atoms with van der Waals surface area (Å²) < 4.78 is 5.90. The lowest BCUT2D eigenvalue weighted by Crippen LogP contribution is -2.04. The van der Waals surface area contributed by atoms with Crippen LogP contribution in [0.2, 0.25) is 0 Å². The largest absolute Gasteiger partial charge is 0.497 e. The monoisotopic (exact) mass is 268 g/mol. The van der Waals surface area contributed by atoms with Crippen LogP contribution >= 0.6 is 23.5 Å². The van der Waals surface area contributed by atoms with E-state index < -0.39 is 0 Å². The molecule has 0 radical (unpaired) electrons. The average molecular weight is 268 g/mol. The maximum absolute atomic E-state index is 5.18. The lowest BCUT2D eigenvalue weighted by atomic mass is 10.0. The summed E-state index contributed by atoms with van der Waals surface area (Å²) in [7, 11) is 1.71. The van der Waals surface area contributed by atoms with Crippen molar-refractivity contribution in [2.24, 2.45) is 5.92 Å². The van der Waals surface area contributed by atoms with E-state index in [0.29, 0.717) is 0 Å². The van der Waals surface area contributed by atoms with Gasteiger partial charge in [-0.3, -0.25) is 0 Å². The van der Waals surface area contributed by atoms with E-state index in [2.05, 4.69) is 37.7 Å². The topological polar surface area (TPSA) is 9.23 Å². The van der Waals surface area contributed by atoms with Gasteiger partial charge in [0, 0.05) is 10.1 Å². The van der Waals surface area contributed by atoms with Gasteiger partial charge < -0.3 is 4.74 Å². The number of rotatable bonds is 4. The molecule has 1 fully saturated rings. The van der Waals surface area contributed by atoms with Crippen LogP contribution in [0.15, 0.2) is 29.2 Å². The summed E-state index contributed by atoms with van der Waals surface area (Å²) in [6, 6.07) is 8.41. The molecule has 0 aromatic heterocycles. The molecule has 0 N–H and O–H groups in total. The Morgan fingerprint density at radius 1 is 1.35 bits per heavy atom. The van der Waals surface area contributed by atoms with E-state index >= 15 is 0 Å². The van der Waals surface area contributed by atoms with Crippen LogP contribution in [0.1, 0.15) is 26.7 Å². The molecule has 0 aliphatic carbocycles. The quantitative estimate of drug-likeness (QED) is 0.785. The average Bonchev–Trinajstić information content (AvgIpc) is 2.70. The van der Waals surface area contributed by atoms with Gasteiger partial charge in [-0.15, -0.1) is 23.5 Å². The van der Waals surface area contributed by atoms with Crippen LogP contribution < -0.4 is 4.74 Å². The third-order valence-corrected chi connectivity index (χ3v) is 6.52. The zero-order valence-electron chi connectivity index (χ0n) is 10.7. The summed E-state index contributed by atoms with van der Waals surface area (Å²) in [6.07, 6.45) is 2.63. The van der Waals surface area contributed by atoms with E-state index in [4.69, 9.17) is 4.74 Å². The van der Waals surface area contributed by atoms with Gasteiger partial charge in [-0.1, -0.05) is 13.8 Å². The standard InChI is InChI=1S/C14H20OS2/c1-4-13-10(2)9-14(17-13)16-12-7-5-11(15-3)6-8-12/h5-8,10,13-14H,4,9H2,1-3H3/t10-,13+,14?/m0/s1. The van der Waals surface area contributed by atoms with Crippen LogP contribution in [0.3, 0.4) is 0 Å². The second-order valence-electron chi connectivity index (χ2n) is 4.52. The lowest BCUT2D eigenvalue weighted by Gasteiger charge is -2.10. The first-order valence-electron chi connectivity index (χ1n) is 6.19. The van der Waals surface area contributed by atoms with Gasteiger partial charge >= 0.3 is 0 Å². The molecule has 3 heteroatoms. The highest BCUT2D eigenvalue weighted by Gasteiger charge is 2.31. The van der Waals surface area contributed by atoms with Gasteiger partial charge in [-0.2, -0.15) is 0 Å². The van der Waals surface area contributed by atoms with Crippen LogP contribution in [0.5, 0.6) is 5.75 Å². The Kier molecular flexibility index (Phi) is 4.69. The van der Waals surface area contributed by atoms with E-state index in [-0.39, 0.29) is 0 Å². The fourth-order valence-electron chi connectivity index (χ4n) is 2.22. The highest BCUT2D eigenvalue weighted by molar-refractivity contribution is 8.17. The van der Waals surface area contributed by atoms with Crippen molar-refractivity contribution >= 4 is 23.5 Å². The first-order valence-corrected chi connectivity index (χ1v) is 8.01. The van der Waals surface area contributed by atoms with Gasteiger partial charge in [0.25, 0.3) is 0 Å². The molecule has 1 aliphatic heterocycles. The molecule has 1 saturated heterocycles. The van der Waals surface area contributed by atoms with Gasteiger partial charge in [0.2, 0.25) is 0 Å². The van der Waals surface area contributed by atoms with Crippen molar-refractivity contribution in [1.82, 2.24) is 0 Å². The van der Waals surface area contributed by atoms with Crippen molar-refractivity contribution < 1.29 is 4.74 Å². The summed E-state index contributed by atoms with van der Waals surface area (Å²) >= 11 is 4.16. The highest BCUT2D eigenvalue weighted by Crippen LogP contribution is 2.47. The molecule has 1 aromatic carbocycles. The van der Waals surface area contributed by atoms with Crippen LogP contribution in [0.25, 0.3) is 0 Å². The van der Waals surface area contributed by atoms with E-state index in [1.54, 1.807) is 7.11 Å². The molecule has 0 amide bonds. The molecule has 94 valence electrons. The van der Waals surface area contributed by atoms with Crippen molar-refractivity contribution in [3.05, 3.63) is 24.3 Å². The van der Waals surface area contributed by atoms with E-state index in [1.165, 1.54) is 17.7 Å². The lowest BCUT2D eigenvalue weighted by molar-refractivity contribution is 0.414. The highest BCUT2D eigenvalue weighted by atomic mass is 32.2. The molecule has 0 bridgehead atoms. The van der Waals surface area contributed by atoms with Crippen molar-refractivity contribution in [1.29, 1.82) is 0 Å². The third kappa shape index (κ3) is 3.35. The molecule has 0 spiro atoms. The maximum atomic E-state index is 5.18. The molecular weight excluding hydrogens is 248 g/mol. The first kappa shape index (κ1) is 13.2. The SMILES string of the molecule is CC[C@H]1SC(Sc2ccc(OC)cc2)C[C@@H]1C. The van der Waals surface area contributed by atoms with Crippen molar-refractivity contribution in [2.75, 3.05) is 7.11 Å². The number of benzene rings is 1. The molecule has 3 atom stereocenters. The zero-order valence-corrected chi connectivity index (χ0v) is 12.3. The van der Waals surface area contributed by atoms with Crippen LogP contribution in [0.4, 0.5) is 0 Å². The maximum Gasteiger partial charge on any atom is 0.118 e. The van der Waals surface area contributed by atoms with Crippen LogP contribution in [0, 0.1) is 5.92 Å². The summed E-state index contributed by atoms with van der Waals surface area (Å²) in [4.78, 5) is 1.35. The Labute approximate surface area is 113 Å². The normalized spacial score (nSPS) is 28.3. The molecule has 0 saturated carbocycles. The van der Waals surface area contributed by atoms with Gasteiger partial charge in [0.05, 0.1) is 11.7 Å². The van der Waals surface area contributed by atoms with Gasteiger partial charge in [-0.05, 0) is 43.0 Å². The number of thioether (sulfide) groups is 2. The fraction of sp³-hybridized carbons (Fsp3) is 0.571. The predicted molar refractivity (Wildman–Crippen MR) is 78.1 cm³/mol. The molecule has 1 aromatic rings. The van der Waals surface area contributed by atoms with E-state index in [1.807, 2.05) is 23.9 Å². The number of hydrogen-bond acceptors (Lipinski definition) is 3. The van der Waals surface area contributed by atoms with Gasteiger partial charge in [-0.25, -0.2) is 0 Å².